The van der Waals surface area contributed by atoms with E-state index in [1.165, 1.54) is 0 Å². The molecule has 8 heavy (non-hydrogen) atoms. The summed E-state index contributed by atoms with van der Waals surface area (Å²) in [6.07, 6.45) is 2.59. The number of hydrogen-bond donors (Lipinski definition) is 1. The molecule has 3 heteroatoms. The molecule has 0 atom stereocenters. The van der Waals surface area contributed by atoms with Gasteiger partial charge in [0.2, 0.25) is 0 Å². The summed E-state index contributed by atoms with van der Waals surface area (Å²) in [6.45, 7) is 0.698. The Balaban J connectivity index is 2.82. The molecule has 0 saturated carbocycles. The molecule has 0 aliphatic rings. The Morgan fingerprint density at radius 2 is 2.12 bits per heavy atom. The SMILES string of the molecule is NCCCCC(=O)I. The average Bonchev–Trinajstić information content (AvgIpc) is 1.66. The predicted molar refractivity (Wildman–Crippen MR) is 41.9 cm³/mol. The molecular formula is C5H10INO. The van der Waals surface area contributed by atoms with E-state index >= 15 is 0 Å². The molecule has 0 fully saturated rings. The summed E-state index contributed by atoms with van der Waals surface area (Å²) in [6, 6.07) is 0. The van der Waals surface area contributed by atoms with E-state index < -0.39 is 0 Å². The lowest BCUT2D eigenvalue weighted by Crippen LogP contribution is -1.98. The zero-order chi connectivity index (χ0) is 6.41. The molecule has 0 rings (SSSR count). The van der Waals surface area contributed by atoms with E-state index in [2.05, 4.69) is 0 Å². The second-order valence-electron chi connectivity index (χ2n) is 1.60. The van der Waals surface area contributed by atoms with Gasteiger partial charge in [-0.1, -0.05) is 0 Å². The molecule has 0 aliphatic heterocycles. The summed E-state index contributed by atoms with van der Waals surface area (Å²) in [7, 11) is 0. The third-order valence-electron chi connectivity index (χ3n) is 0.827. The first-order valence-electron chi connectivity index (χ1n) is 2.65. The molecule has 2 nitrogen and oxygen atoms in total. The van der Waals surface area contributed by atoms with Crippen LogP contribution in [0.1, 0.15) is 19.3 Å². The maximum Gasteiger partial charge on any atom is 0.192 e. The minimum absolute atomic E-state index is 0.232. The van der Waals surface area contributed by atoms with Crippen molar-refractivity contribution in [3.63, 3.8) is 0 Å². The smallest absolute Gasteiger partial charge is 0.192 e. The highest BCUT2D eigenvalue weighted by Crippen LogP contribution is 1.98. The first kappa shape index (κ1) is 8.36. The molecule has 0 unspecified atom stereocenters. The molecule has 2 N–H and O–H groups in total. The maximum atomic E-state index is 10.3. The lowest BCUT2D eigenvalue weighted by Gasteiger charge is -1.89. The van der Waals surface area contributed by atoms with Crippen LogP contribution in [0.25, 0.3) is 0 Å². The molecule has 0 heterocycles. The Labute approximate surface area is 63.0 Å². The second kappa shape index (κ2) is 5.50. The zero-order valence-corrected chi connectivity index (χ0v) is 6.85. The third kappa shape index (κ3) is 6.36. The van der Waals surface area contributed by atoms with E-state index in [1.807, 2.05) is 0 Å². The maximum absolute atomic E-state index is 10.3. The van der Waals surface area contributed by atoms with Gasteiger partial charge in [-0.3, -0.25) is 4.79 Å². The van der Waals surface area contributed by atoms with Gasteiger partial charge in [0.1, 0.15) is 0 Å². The van der Waals surface area contributed by atoms with E-state index in [4.69, 9.17) is 5.73 Å². The second-order valence-corrected chi connectivity index (χ2v) is 2.80. The minimum Gasteiger partial charge on any atom is -0.330 e. The van der Waals surface area contributed by atoms with Crippen molar-refractivity contribution >= 4 is 26.4 Å². The fraction of sp³-hybridized carbons (Fsp3) is 0.800. The van der Waals surface area contributed by atoms with Crippen LogP contribution < -0.4 is 5.73 Å². The van der Waals surface area contributed by atoms with E-state index in [9.17, 15) is 4.79 Å². The standard InChI is InChI=1S/C5H10INO/c6-5(8)3-1-2-4-7/h1-4,7H2. The van der Waals surface area contributed by atoms with Gasteiger partial charge in [-0.25, -0.2) is 0 Å². The first-order chi connectivity index (χ1) is 3.77. The Morgan fingerprint density at radius 3 is 2.50 bits per heavy atom. The molecule has 0 aliphatic carbocycles. The highest BCUT2D eigenvalue weighted by molar-refractivity contribution is 14.1. The molecule has 48 valence electrons. The molecule has 0 aromatic rings. The normalized spacial score (nSPS) is 9.25. The summed E-state index contributed by atoms with van der Waals surface area (Å²) in [5, 5.41) is 0. The van der Waals surface area contributed by atoms with Crippen molar-refractivity contribution in [2.75, 3.05) is 6.54 Å². The fourth-order valence-corrected chi connectivity index (χ4v) is 0.790. The van der Waals surface area contributed by atoms with Crippen molar-refractivity contribution in [3.05, 3.63) is 0 Å². The van der Waals surface area contributed by atoms with Crippen LogP contribution in [0.5, 0.6) is 0 Å². The van der Waals surface area contributed by atoms with Crippen LogP contribution in [0.3, 0.4) is 0 Å². The zero-order valence-electron chi connectivity index (χ0n) is 4.69. The number of halogens is 1. The molecule has 0 bridgehead atoms. The van der Waals surface area contributed by atoms with Crippen molar-refractivity contribution in [1.29, 1.82) is 0 Å². The summed E-state index contributed by atoms with van der Waals surface area (Å²) >= 11 is 1.80. The van der Waals surface area contributed by atoms with Crippen molar-refractivity contribution in [2.24, 2.45) is 5.73 Å². The summed E-state index contributed by atoms with van der Waals surface area (Å²) in [5.74, 6) is 0. The third-order valence-corrected chi connectivity index (χ3v) is 1.37. The van der Waals surface area contributed by atoms with Crippen LogP contribution in [0.4, 0.5) is 0 Å². The molecule has 0 amide bonds. The molecule has 0 aromatic heterocycles. The van der Waals surface area contributed by atoms with Gasteiger partial charge < -0.3 is 5.73 Å². The Kier molecular flexibility index (Phi) is 5.74. The van der Waals surface area contributed by atoms with Gasteiger partial charge in [0.05, 0.1) is 0 Å². The molecular weight excluding hydrogens is 217 g/mol. The van der Waals surface area contributed by atoms with Gasteiger partial charge in [-0.2, -0.15) is 0 Å². The Hall–Kier alpha value is 0.360. The predicted octanol–water partition coefficient (Wildman–Crippen LogP) is 1.08. The summed E-state index contributed by atoms with van der Waals surface area (Å²) in [5.41, 5.74) is 5.20. The van der Waals surface area contributed by atoms with Gasteiger partial charge in [-0.05, 0) is 42.0 Å². The van der Waals surface area contributed by atoms with Gasteiger partial charge in [0.25, 0.3) is 0 Å². The molecule has 0 aromatic carbocycles. The number of unbranched alkanes of at least 4 members (excludes halogenated alkanes) is 1. The van der Waals surface area contributed by atoms with Crippen molar-refractivity contribution in [1.82, 2.24) is 0 Å². The van der Waals surface area contributed by atoms with Gasteiger partial charge in [0, 0.05) is 6.42 Å². The fourth-order valence-electron chi connectivity index (χ4n) is 0.408. The Morgan fingerprint density at radius 1 is 1.50 bits per heavy atom. The topological polar surface area (TPSA) is 43.1 Å². The van der Waals surface area contributed by atoms with Gasteiger partial charge >= 0.3 is 0 Å². The van der Waals surface area contributed by atoms with E-state index in [1.54, 1.807) is 22.6 Å². The number of nitrogens with two attached hydrogens (primary N) is 1. The summed E-state index contributed by atoms with van der Waals surface area (Å²) in [4.78, 5) is 10.3. The van der Waals surface area contributed by atoms with E-state index in [0.29, 0.717) is 13.0 Å². The Bertz CT molecular complexity index is 74.8. The van der Waals surface area contributed by atoms with Crippen molar-refractivity contribution in [2.45, 2.75) is 19.3 Å². The number of rotatable bonds is 4. The van der Waals surface area contributed by atoms with Crippen LogP contribution in [0.15, 0.2) is 0 Å². The number of carbonyl (C=O) groups is 1. The highest BCUT2D eigenvalue weighted by atomic mass is 127. The number of carbonyl (C=O) groups excluding carboxylic acids is 1. The average molecular weight is 227 g/mol. The monoisotopic (exact) mass is 227 g/mol. The van der Waals surface area contributed by atoms with Crippen LogP contribution in [-0.4, -0.2) is 10.3 Å². The van der Waals surface area contributed by atoms with Crippen LogP contribution in [0, 0.1) is 0 Å². The van der Waals surface area contributed by atoms with Crippen molar-refractivity contribution < 1.29 is 4.79 Å². The molecule has 0 spiro atoms. The van der Waals surface area contributed by atoms with E-state index in [-0.39, 0.29) is 3.79 Å². The molecule has 0 saturated heterocycles. The highest BCUT2D eigenvalue weighted by Gasteiger charge is 1.91. The number of hydrogen-bond acceptors (Lipinski definition) is 2. The lowest BCUT2D eigenvalue weighted by atomic mass is 10.2. The lowest BCUT2D eigenvalue weighted by molar-refractivity contribution is -0.109. The van der Waals surface area contributed by atoms with Gasteiger partial charge in [-0.15, -0.1) is 0 Å². The largest absolute Gasteiger partial charge is 0.330 e. The van der Waals surface area contributed by atoms with E-state index in [0.717, 1.165) is 12.8 Å². The van der Waals surface area contributed by atoms with Crippen molar-refractivity contribution in [3.8, 4) is 0 Å². The molecule has 0 radical (unpaired) electrons. The van der Waals surface area contributed by atoms with Crippen LogP contribution >= 0.6 is 22.6 Å². The quantitative estimate of drug-likeness (QED) is 0.443. The van der Waals surface area contributed by atoms with Gasteiger partial charge in [0.15, 0.2) is 3.79 Å². The van der Waals surface area contributed by atoms with Crippen LogP contribution in [0.2, 0.25) is 0 Å². The van der Waals surface area contributed by atoms with Crippen LogP contribution in [-0.2, 0) is 4.79 Å². The first-order valence-corrected chi connectivity index (χ1v) is 3.73. The minimum atomic E-state index is 0.232. The summed E-state index contributed by atoms with van der Waals surface area (Å²) < 4.78 is 0.232.